The number of halogens is 1. The normalized spacial score (nSPS) is 12.6. The molecule has 0 spiro atoms. The predicted octanol–water partition coefficient (Wildman–Crippen LogP) is 3.04. The molecule has 6 heteroatoms. The van der Waals surface area contributed by atoms with Crippen molar-refractivity contribution in [3.8, 4) is 0 Å². The Morgan fingerprint density at radius 1 is 1.45 bits per heavy atom. The summed E-state index contributed by atoms with van der Waals surface area (Å²) in [6, 6.07) is 6.79. The number of hydrogen-bond acceptors (Lipinski definition) is 5. The summed E-state index contributed by atoms with van der Waals surface area (Å²) in [6.07, 6.45) is 0.714. The van der Waals surface area contributed by atoms with E-state index in [2.05, 4.69) is 29.3 Å². The van der Waals surface area contributed by atoms with Crippen LogP contribution in [0.2, 0.25) is 0 Å². The quantitative estimate of drug-likeness (QED) is 0.796. The zero-order chi connectivity index (χ0) is 14.4. The Morgan fingerprint density at radius 3 is 3.05 bits per heavy atom. The Morgan fingerprint density at radius 2 is 2.30 bits per heavy atom. The third-order valence-corrected chi connectivity index (χ3v) is 3.70. The van der Waals surface area contributed by atoms with Gasteiger partial charge in [-0.1, -0.05) is 18.1 Å². The maximum atomic E-state index is 13.0. The molecule has 0 fully saturated rings. The molecule has 0 bridgehead atoms. The number of benzene rings is 1. The standard InChI is InChI=1S/C14H18FN3OS/c1-3-16-10(2)7-14-17-13(18-19-14)9-20-12-6-4-5-11(15)8-12/h4-6,8,10,16H,3,7,9H2,1-2H3. The van der Waals surface area contributed by atoms with Gasteiger partial charge in [-0.15, -0.1) is 11.8 Å². The van der Waals surface area contributed by atoms with Crippen molar-refractivity contribution in [1.82, 2.24) is 15.5 Å². The molecule has 4 nitrogen and oxygen atoms in total. The first-order valence-corrected chi connectivity index (χ1v) is 7.59. The molecule has 0 aliphatic carbocycles. The van der Waals surface area contributed by atoms with Crippen molar-refractivity contribution in [3.05, 3.63) is 41.8 Å². The minimum Gasteiger partial charge on any atom is -0.339 e. The van der Waals surface area contributed by atoms with Crippen LogP contribution in [0.3, 0.4) is 0 Å². The number of likely N-dealkylation sites (N-methyl/N-ethyl adjacent to an activating group) is 1. The van der Waals surface area contributed by atoms with Crippen LogP contribution in [0.1, 0.15) is 25.6 Å². The molecule has 0 radical (unpaired) electrons. The monoisotopic (exact) mass is 295 g/mol. The van der Waals surface area contributed by atoms with E-state index in [0.717, 1.165) is 11.4 Å². The number of aromatic nitrogens is 2. The molecule has 108 valence electrons. The van der Waals surface area contributed by atoms with E-state index >= 15 is 0 Å². The Hall–Kier alpha value is -1.40. The van der Waals surface area contributed by atoms with Crippen molar-refractivity contribution in [2.45, 2.75) is 37.0 Å². The zero-order valence-electron chi connectivity index (χ0n) is 11.6. The molecule has 1 atom stereocenters. The van der Waals surface area contributed by atoms with Gasteiger partial charge in [0.25, 0.3) is 0 Å². The Labute approximate surface area is 122 Å². The first-order chi connectivity index (χ1) is 9.67. The van der Waals surface area contributed by atoms with Crippen LogP contribution in [-0.4, -0.2) is 22.7 Å². The highest BCUT2D eigenvalue weighted by Crippen LogP contribution is 2.22. The van der Waals surface area contributed by atoms with Gasteiger partial charge in [0.15, 0.2) is 5.82 Å². The minimum absolute atomic E-state index is 0.233. The second-order valence-electron chi connectivity index (χ2n) is 4.51. The van der Waals surface area contributed by atoms with Crippen LogP contribution in [0.4, 0.5) is 4.39 Å². The summed E-state index contributed by atoms with van der Waals surface area (Å²) >= 11 is 1.49. The van der Waals surface area contributed by atoms with Gasteiger partial charge in [0, 0.05) is 17.4 Å². The topological polar surface area (TPSA) is 51.0 Å². The Balaban J connectivity index is 1.86. The SMILES string of the molecule is CCNC(C)Cc1nc(CSc2cccc(F)c2)no1. The second kappa shape index (κ2) is 7.40. The lowest BCUT2D eigenvalue weighted by Crippen LogP contribution is -2.27. The highest BCUT2D eigenvalue weighted by Gasteiger charge is 2.10. The van der Waals surface area contributed by atoms with Gasteiger partial charge in [-0.3, -0.25) is 0 Å². The van der Waals surface area contributed by atoms with Crippen molar-refractivity contribution >= 4 is 11.8 Å². The fourth-order valence-electron chi connectivity index (χ4n) is 1.82. The van der Waals surface area contributed by atoms with E-state index < -0.39 is 0 Å². The van der Waals surface area contributed by atoms with Crippen LogP contribution in [-0.2, 0) is 12.2 Å². The van der Waals surface area contributed by atoms with Crippen LogP contribution in [0.15, 0.2) is 33.7 Å². The third kappa shape index (κ3) is 4.61. The highest BCUT2D eigenvalue weighted by atomic mass is 32.2. The molecule has 0 saturated carbocycles. The minimum atomic E-state index is -0.233. The summed E-state index contributed by atoms with van der Waals surface area (Å²) in [5, 5.41) is 7.23. The number of nitrogens with one attached hydrogen (secondary N) is 1. The van der Waals surface area contributed by atoms with Crippen LogP contribution in [0.25, 0.3) is 0 Å². The number of thioether (sulfide) groups is 1. The largest absolute Gasteiger partial charge is 0.339 e. The van der Waals surface area contributed by atoms with Crippen LogP contribution in [0.5, 0.6) is 0 Å². The van der Waals surface area contributed by atoms with E-state index in [1.807, 2.05) is 6.07 Å². The van der Waals surface area contributed by atoms with E-state index in [1.54, 1.807) is 6.07 Å². The van der Waals surface area contributed by atoms with Gasteiger partial charge in [-0.25, -0.2) is 4.39 Å². The summed E-state index contributed by atoms with van der Waals surface area (Å²) in [7, 11) is 0. The van der Waals surface area contributed by atoms with Crippen LogP contribution >= 0.6 is 11.8 Å². The summed E-state index contributed by atoms with van der Waals surface area (Å²) in [4.78, 5) is 5.20. The van der Waals surface area contributed by atoms with E-state index in [1.165, 1.54) is 23.9 Å². The van der Waals surface area contributed by atoms with Gasteiger partial charge in [-0.05, 0) is 31.7 Å². The molecule has 1 unspecified atom stereocenters. The molecule has 1 heterocycles. The van der Waals surface area contributed by atoms with Gasteiger partial charge in [0.2, 0.25) is 5.89 Å². The summed E-state index contributed by atoms with van der Waals surface area (Å²) in [5.74, 6) is 1.61. The Kier molecular flexibility index (Phi) is 5.55. The first kappa shape index (κ1) is 15.0. The second-order valence-corrected chi connectivity index (χ2v) is 5.56. The van der Waals surface area contributed by atoms with Crippen molar-refractivity contribution in [3.63, 3.8) is 0 Å². The molecule has 2 rings (SSSR count). The van der Waals surface area contributed by atoms with Gasteiger partial charge < -0.3 is 9.84 Å². The molecular weight excluding hydrogens is 277 g/mol. The predicted molar refractivity (Wildman–Crippen MR) is 77.1 cm³/mol. The molecule has 1 aromatic heterocycles. The van der Waals surface area contributed by atoms with Gasteiger partial charge in [0.1, 0.15) is 5.82 Å². The summed E-state index contributed by atoms with van der Waals surface area (Å²) in [5.41, 5.74) is 0. The fourth-order valence-corrected chi connectivity index (χ4v) is 2.60. The molecule has 2 aromatic rings. The lowest BCUT2D eigenvalue weighted by atomic mass is 10.2. The maximum absolute atomic E-state index is 13.0. The molecular formula is C14H18FN3OS. The van der Waals surface area contributed by atoms with Crippen molar-refractivity contribution in [2.24, 2.45) is 0 Å². The zero-order valence-corrected chi connectivity index (χ0v) is 12.4. The van der Waals surface area contributed by atoms with Gasteiger partial charge in [-0.2, -0.15) is 4.98 Å². The molecule has 0 aliphatic rings. The molecule has 0 aliphatic heterocycles. The number of nitrogens with zero attached hydrogens (tertiary/aromatic N) is 2. The van der Waals surface area contributed by atoms with E-state index in [9.17, 15) is 4.39 Å². The number of rotatable bonds is 7. The van der Waals surface area contributed by atoms with E-state index in [0.29, 0.717) is 29.9 Å². The number of hydrogen-bond donors (Lipinski definition) is 1. The maximum Gasteiger partial charge on any atom is 0.228 e. The molecule has 20 heavy (non-hydrogen) atoms. The Bertz CT molecular complexity index is 547. The van der Waals surface area contributed by atoms with Crippen molar-refractivity contribution < 1.29 is 8.91 Å². The van der Waals surface area contributed by atoms with Crippen LogP contribution < -0.4 is 5.32 Å². The fraction of sp³-hybridized carbons (Fsp3) is 0.429. The lowest BCUT2D eigenvalue weighted by Gasteiger charge is -2.07. The molecule has 0 amide bonds. The third-order valence-electron chi connectivity index (χ3n) is 2.71. The van der Waals surface area contributed by atoms with Gasteiger partial charge >= 0.3 is 0 Å². The summed E-state index contributed by atoms with van der Waals surface area (Å²) in [6.45, 7) is 5.05. The molecule has 1 N–H and O–H groups in total. The van der Waals surface area contributed by atoms with Crippen LogP contribution in [0, 0.1) is 5.82 Å². The molecule has 1 aromatic carbocycles. The summed E-state index contributed by atoms with van der Waals surface area (Å²) < 4.78 is 18.2. The lowest BCUT2D eigenvalue weighted by molar-refractivity contribution is 0.359. The van der Waals surface area contributed by atoms with E-state index in [-0.39, 0.29) is 5.82 Å². The average molecular weight is 295 g/mol. The highest BCUT2D eigenvalue weighted by molar-refractivity contribution is 7.98. The smallest absolute Gasteiger partial charge is 0.228 e. The van der Waals surface area contributed by atoms with Crippen molar-refractivity contribution in [1.29, 1.82) is 0 Å². The van der Waals surface area contributed by atoms with Gasteiger partial charge in [0.05, 0.1) is 5.75 Å². The first-order valence-electron chi connectivity index (χ1n) is 6.60. The van der Waals surface area contributed by atoms with E-state index in [4.69, 9.17) is 4.52 Å². The van der Waals surface area contributed by atoms with Crippen molar-refractivity contribution in [2.75, 3.05) is 6.54 Å². The molecule has 0 saturated heterocycles. The average Bonchev–Trinajstić information content (AvgIpc) is 2.84.